The van der Waals surface area contributed by atoms with Gasteiger partial charge < -0.3 is 5.11 Å². The number of likely N-dealkylation sites (tertiary alicyclic amines) is 1. The number of hydrogen-bond donors (Lipinski definition) is 1. The molecule has 0 radical (unpaired) electrons. The maximum atomic E-state index is 10.3. The Labute approximate surface area is 114 Å². The van der Waals surface area contributed by atoms with Gasteiger partial charge in [-0.3, -0.25) is 4.90 Å². The van der Waals surface area contributed by atoms with E-state index in [4.69, 9.17) is 0 Å². The SMILES string of the molecule is CC(C)C1(O)CN(Cc2cccc3ccccc23)C1. The van der Waals surface area contributed by atoms with Crippen molar-refractivity contribution in [3.63, 3.8) is 0 Å². The maximum Gasteiger partial charge on any atom is 0.0923 e. The highest BCUT2D eigenvalue weighted by Gasteiger charge is 2.43. The summed E-state index contributed by atoms with van der Waals surface area (Å²) in [6, 6.07) is 15.0. The normalized spacial score (nSPS) is 18.7. The van der Waals surface area contributed by atoms with Gasteiger partial charge in [-0.05, 0) is 22.3 Å². The number of rotatable bonds is 3. The van der Waals surface area contributed by atoms with E-state index in [1.165, 1.54) is 16.3 Å². The third kappa shape index (κ3) is 2.26. The van der Waals surface area contributed by atoms with Crippen molar-refractivity contribution in [3.05, 3.63) is 48.0 Å². The predicted octanol–water partition coefficient (Wildman–Crippen LogP) is 3.04. The molecular formula is C17H21NO. The lowest BCUT2D eigenvalue weighted by atomic mass is 9.82. The van der Waals surface area contributed by atoms with Crippen molar-refractivity contribution in [3.8, 4) is 0 Å². The molecule has 2 aromatic carbocycles. The second-order valence-corrected chi connectivity index (χ2v) is 6.04. The molecule has 1 aliphatic heterocycles. The van der Waals surface area contributed by atoms with E-state index in [0.717, 1.165) is 19.6 Å². The monoisotopic (exact) mass is 255 g/mol. The molecule has 1 heterocycles. The Morgan fingerprint density at radius 3 is 2.53 bits per heavy atom. The van der Waals surface area contributed by atoms with E-state index >= 15 is 0 Å². The zero-order chi connectivity index (χ0) is 13.5. The second kappa shape index (κ2) is 4.62. The molecule has 0 aromatic heterocycles. The van der Waals surface area contributed by atoms with Gasteiger partial charge in [-0.1, -0.05) is 56.3 Å². The average Bonchev–Trinajstić information content (AvgIpc) is 2.37. The molecule has 100 valence electrons. The van der Waals surface area contributed by atoms with Crippen molar-refractivity contribution < 1.29 is 5.11 Å². The van der Waals surface area contributed by atoms with Gasteiger partial charge in [0.25, 0.3) is 0 Å². The fourth-order valence-electron chi connectivity index (χ4n) is 2.88. The van der Waals surface area contributed by atoms with Crippen LogP contribution in [0, 0.1) is 5.92 Å². The lowest BCUT2D eigenvalue weighted by molar-refractivity contribution is -0.130. The van der Waals surface area contributed by atoms with Gasteiger partial charge >= 0.3 is 0 Å². The third-order valence-electron chi connectivity index (χ3n) is 4.34. The van der Waals surface area contributed by atoms with E-state index in [0.29, 0.717) is 5.92 Å². The molecule has 0 bridgehead atoms. The number of hydrogen-bond acceptors (Lipinski definition) is 2. The van der Waals surface area contributed by atoms with Crippen LogP contribution in [0.4, 0.5) is 0 Å². The number of fused-ring (bicyclic) bond motifs is 1. The van der Waals surface area contributed by atoms with Crippen molar-refractivity contribution in [2.24, 2.45) is 5.92 Å². The van der Waals surface area contributed by atoms with Gasteiger partial charge in [-0.25, -0.2) is 0 Å². The summed E-state index contributed by atoms with van der Waals surface area (Å²) < 4.78 is 0. The number of nitrogens with zero attached hydrogens (tertiary/aromatic N) is 1. The van der Waals surface area contributed by atoms with Crippen LogP contribution in [0.25, 0.3) is 10.8 Å². The van der Waals surface area contributed by atoms with Crippen molar-refractivity contribution in [2.75, 3.05) is 13.1 Å². The molecule has 2 heteroatoms. The molecule has 1 saturated heterocycles. The topological polar surface area (TPSA) is 23.5 Å². The molecule has 1 N–H and O–H groups in total. The Bertz CT molecular complexity index is 579. The van der Waals surface area contributed by atoms with E-state index < -0.39 is 5.60 Å². The largest absolute Gasteiger partial charge is 0.387 e. The molecule has 3 rings (SSSR count). The zero-order valence-corrected chi connectivity index (χ0v) is 11.6. The highest BCUT2D eigenvalue weighted by Crippen LogP contribution is 2.31. The molecule has 0 spiro atoms. The van der Waals surface area contributed by atoms with Crippen molar-refractivity contribution in [1.29, 1.82) is 0 Å². The van der Waals surface area contributed by atoms with Gasteiger partial charge in [0, 0.05) is 19.6 Å². The first-order valence-corrected chi connectivity index (χ1v) is 7.00. The molecule has 1 aliphatic rings. The molecule has 0 amide bonds. The smallest absolute Gasteiger partial charge is 0.0923 e. The van der Waals surface area contributed by atoms with Crippen LogP contribution in [-0.4, -0.2) is 28.7 Å². The van der Waals surface area contributed by atoms with Crippen molar-refractivity contribution >= 4 is 10.8 Å². The first kappa shape index (κ1) is 12.6. The van der Waals surface area contributed by atoms with Gasteiger partial charge in [0.15, 0.2) is 0 Å². The second-order valence-electron chi connectivity index (χ2n) is 6.04. The summed E-state index contributed by atoms with van der Waals surface area (Å²) in [7, 11) is 0. The highest BCUT2D eigenvalue weighted by atomic mass is 16.3. The summed E-state index contributed by atoms with van der Waals surface area (Å²) in [5.74, 6) is 0.330. The van der Waals surface area contributed by atoms with Crippen LogP contribution in [0.1, 0.15) is 19.4 Å². The Morgan fingerprint density at radius 2 is 1.79 bits per heavy atom. The summed E-state index contributed by atoms with van der Waals surface area (Å²) in [6.07, 6.45) is 0. The van der Waals surface area contributed by atoms with Crippen LogP contribution in [0.5, 0.6) is 0 Å². The van der Waals surface area contributed by atoms with E-state index in [1.807, 2.05) is 0 Å². The van der Waals surface area contributed by atoms with Crippen LogP contribution < -0.4 is 0 Å². The first-order chi connectivity index (χ1) is 9.08. The lowest BCUT2D eigenvalue weighted by Gasteiger charge is -2.49. The first-order valence-electron chi connectivity index (χ1n) is 7.00. The van der Waals surface area contributed by atoms with Gasteiger partial charge in [-0.2, -0.15) is 0 Å². The third-order valence-corrected chi connectivity index (χ3v) is 4.34. The molecule has 0 aliphatic carbocycles. The predicted molar refractivity (Wildman–Crippen MR) is 79.0 cm³/mol. The zero-order valence-electron chi connectivity index (χ0n) is 11.6. The minimum absolute atomic E-state index is 0.330. The van der Waals surface area contributed by atoms with Gasteiger partial charge in [0.2, 0.25) is 0 Å². The van der Waals surface area contributed by atoms with Crippen molar-refractivity contribution in [2.45, 2.75) is 26.0 Å². The van der Waals surface area contributed by atoms with Crippen LogP contribution >= 0.6 is 0 Å². The van der Waals surface area contributed by atoms with E-state index in [1.54, 1.807) is 0 Å². The molecular weight excluding hydrogens is 234 g/mol. The minimum Gasteiger partial charge on any atom is -0.387 e. The van der Waals surface area contributed by atoms with Crippen molar-refractivity contribution in [1.82, 2.24) is 4.90 Å². The fraction of sp³-hybridized carbons (Fsp3) is 0.412. The summed E-state index contributed by atoms with van der Waals surface area (Å²) in [6.45, 7) is 6.68. The number of benzene rings is 2. The summed E-state index contributed by atoms with van der Waals surface area (Å²) in [5, 5.41) is 12.9. The van der Waals surface area contributed by atoms with Gasteiger partial charge in [0.1, 0.15) is 0 Å². The lowest BCUT2D eigenvalue weighted by Crippen LogP contribution is -2.63. The number of β-amino-alcohol motifs (C(OH)–C–C–N with tert-alkyl or cyclic N) is 1. The van der Waals surface area contributed by atoms with E-state index in [-0.39, 0.29) is 0 Å². The Hall–Kier alpha value is -1.38. The summed E-state index contributed by atoms with van der Waals surface area (Å²) in [5.41, 5.74) is 0.869. The molecule has 0 saturated carbocycles. The molecule has 19 heavy (non-hydrogen) atoms. The van der Waals surface area contributed by atoms with E-state index in [2.05, 4.69) is 61.2 Å². The quantitative estimate of drug-likeness (QED) is 0.911. The van der Waals surface area contributed by atoms with Gasteiger partial charge in [0.05, 0.1) is 5.60 Å². The van der Waals surface area contributed by atoms with Crippen LogP contribution in [-0.2, 0) is 6.54 Å². The number of aliphatic hydroxyl groups is 1. The van der Waals surface area contributed by atoms with E-state index in [9.17, 15) is 5.11 Å². The Balaban J connectivity index is 1.77. The average molecular weight is 255 g/mol. The highest BCUT2D eigenvalue weighted by molar-refractivity contribution is 5.85. The van der Waals surface area contributed by atoms with Crippen LogP contribution in [0.3, 0.4) is 0 Å². The standard InChI is InChI=1S/C17H21NO/c1-13(2)17(19)11-18(12-17)10-15-8-5-7-14-6-3-4-9-16(14)15/h3-9,13,19H,10-12H2,1-2H3. The Morgan fingerprint density at radius 1 is 1.11 bits per heavy atom. The molecule has 0 atom stereocenters. The van der Waals surface area contributed by atoms with Gasteiger partial charge in [-0.15, -0.1) is 0 Å². The molecule has 0 unspecified atom stereocenters. The summed E-state index contributed by atoms with van der Waals surface area (Å²) >= 11 is 0. The summed E-state index contributed by atoms with van der Waals surface area (Å²) in [4.78, 5) is 2.32. The Kier molecular flexibility index (Phi) is 3.08. The maximum absolute atomic E-state index is 10.3. The van der Waals surface area contributed by atoms with Crippen LogP contribution in [0.2, 0.25) is 0 Å². The molecule has 2 aromatic rings. The molecule has 2 nitrogen and oxygen atoms in total. The minimum atomic E-state index is -0.482. The van der Waals surface area contributed by atoms with Crippen LogP contribution in [0.15, 0.2) is 42.5 Å². The fourth-order valence-corrected chi connectivity index (χ4v) is 2.88. The molecule has 1 fully saturated rings.